The highest BCUT2D eigenvalue weighted by Crippen LogP contribution is 2.71. The second-order valence-electron chi connectivity index (χ2n) is 25.9. The molecule has 0 bridgehead atoms. The molecule has 15 nitrogen and oxygen atoms in total. The van der Waals surface area contributed by atoms with Crippen LogP contribution in [0.15, 0.2) is 82.6 Å². The number of benzene rings is 2. The zero-order valence-electron chi connectivity index (χ0n) is 45.3. The highest BCUT2D eigenvalue weighted by Gasteiger charge is 2.64. The molecule has 410 valence electrons. The average molecular weight is 1080 g/mol. The van der Waals surface area contributed by atoms with Gasteiger partial charge in [-0.15, -0.1) is 0 Å². The Morgan fingerprint density at radius 1 is 0.842 bits per heavy atom. The van der Waals surface area contributed by atoms with E-state index < -0.39 is 78.6 Å². The van der Waals surface area contributed by atoms with Crippen LogP contribution < -0.4 is 15.4 Å². The number of Topliss-reactive ketones (excluding diaryl/α,β-unsaturated/α-hetero) is 1. The van der Waals surface area contributed by atoms with Gasteiger partial charge in [0.1, 0.15) is 40.9 Å². The molecule has 4 saturated carbocycles. The van der Waals surface area contributed by atoms with E-state index in [0.29, 0.717) is 80.7 Å². The number of allylic oxidation sites excluding steroid dienone is 3. The van der Waals surface area contributed by atoms with Crippen molar-refractivity contribution < 1.29 is 54.9 Å². The maximum absolute atomic E-state index is 14.1. The predicted octanol–water partition coefficient (Wildman–Crippen LogP) is 10.0. The first kappa shape index (κ1) is 54.4. The molecule has 10 rings (SSSR count). The molecule has 5 aliphatic carbocycles. The number of carbonyl (C=O) groups is 3. The first-order valence-corrected chi connectivity index (χ1v) is 30.3. The van der Waals surface area contributed by atoms with Crippen LogP contribution in [0.2, 0.25) is 0 Å². The molecule has 0 amide bonds. The van der Waals surface area contributed by atoms with Gasteiger partial charge in [-0.3, -0.25) is 33.8 Å². The van der Waals surface area contributed by atoms with Crippen LogP contribution in [0, 0.1) is 45.3 Å². The Morgan fingerprint density at radius 2 is 1.54 bits per heavy atom. The van der Waals surface area contributed by atoms with Gasteiger partial charge in [-0.05, 0) is 162 Å². The van der Waals surface area contributed by atoms with E-state index in [0.717, 1.165) is 62.5 Å². The van der Waals surface area contributed by atoms with Gasteiger partial charge in [-0.25, -0.2) is 0 Å². The van der Waals surface area contributed by atoms with Crippen molar-refractivity contribution in [2.45, 2.75) is 162 Å². The molecule has 0 saturated heterocycles. The summed E-state index contributed by atoms with van der Waals surface area (Å²) < 4.78 is 83.0. The fraction of sp³-hybridized carbons (Fsp3) is 0.593. The van der Waals surface area contributed by atoms with E-state index in [-0.39, 0.29) is 34.8 Å². The van der Waals surface area contributed by atoms with E-state index in [4.69, 9.17) is 14.5 Å². The molecule has 2 aromatic carbocycles. The lowest BCUT2D eigenvalue weighted by Gasteiger charge is -2.65. The molecule has 4 fully saturated rings. The zero-order valence-corrected chi connectivity index (χ0v) is 46.9. The van der Waals surface area contributed by atoms with E-state index in [1.54, 1.807) is 19.1 Å². The van der Waals surface area contributed by atoms with Gasteiger partial charge in [0.2, 0.25) is 0 Å². The summed E-state index contributed by atoms with van der Waals surface area (Å²) >= 11 is 0. The third-order valence-electron chi connectivity index (χ3n) is 19.7. The van der Waals surface area contributed by atoms with Gasteiger partial charge in [0.15, 0.2) is 0 Å². The highest BCUT2D eigenvalue weighted by molar-refractivity contribution is 7.86. The number of ether oxygens (including phenoxy) is 2. The van der Waals surface area contributed by atoms with Crippen LogP contribution in [0.25, 0.3) is 5.57 Å². The average Bonchev–Trinajstić information content (AvgIpc) is 3.79. The lowest BCUT2D eigenvalue weighted by molar-refractivity contribution is -0.185. The number of rotatable bonds is 13. The van der Waals surface area contributed by atoms with Gasteiger partial charge in [0, 0.05) is 52.9 Å². The molecule has 8 unspecified atom stereocenters. The summed E-state index contributed by atoms with van der Waals surface area (Å²) in [7, 11) is -8.90. The molecule has 17 heteroatoms. The van der Waals surface area contributed by atoms with Crippen LogP contribution in [-0.2, 0) is 45.9 Å². The van der Waals surface area contributed by atoms with Gasteiger partial charge in [0.05, 0.1) is 28.6 Å². The Hall–Kier alpha value is -4.94. The van der Waals surface area contributed by atoms with Gasteiger partial charge in [-0.1, -0.05) is 63.3 Å². The normalized spacial score (nSPS) is 34.1. The number of carboxylic acids is 1. The molecule has 5 N–H and O–H groups in total. The Balaban J connectivity index is 0.909. The zero-order chi connectivity index (χ0) is 54.9. The second-order valence-corrected chi connectivity index (χ2v) is 28.8. The lowest BCUT2D eigenvalue weighted by atomic mass is 9.40. The molecule has 3 aliphatic heterocycles. The first-order valence-electron chi connectivity index (χ1n) is 27.1. The third-order valence-corrected chi connectivity index (χ3v) is 21.1. The summed E-state index contributed by atoms with van der Waals surface area (Å²) in [5.74, 6) is -0.309. The summed E-state index contributed by atoms with van der Waals surface area (Å²) in [6.45, 7) is 18.6. The summed E-state index contributed by atoms with van der Waals surface area (Å²) in [6.07, 6.45) is 15.3. The number of nitrogens with one attached hydrogen (secondary N) is 2. The quantitative estimate of drug-likeness (QED) is 0.0928. The number of esters is 1. The lowest BCUT2D eigenvalue weighted by Crippen LogP contribution is -2.58. The number of ketones is 1. The van der Waals surface area contributed by atoms with Crippen molar-refractivity contribution in [1.29, 1.82) is 0 Å². The number of dihydropyridines is 1. The molecular formula is C59H75N3O12S2. The molecule has 8 aliphatic rings. The molecule has 0 radical (unpaired) electrons. The largest absolute Gasteiger partial charge is 0.481 e. The number of aliphatic carboxylic acids is 1. The molecule has 2 aromatic rings. The SMILES string of the molecule is CC(=O)C1CCC2C3CCC4(C)C[C@H](OC(=O)C(CC(=O)O)NCc5ccc(C6c7cc8c(cc7OC7=CC9=NC(C)(C)C=C(CS(=O)(=O)O)C9=CC76C)NC(C)(C)C=C8CS(=O)(=O)O)cc5)CC[C@]4(C)C3CC[C@]12C. The predicted molar refractivity (Wildman–Crippen MR) is 291 cm³/mol. The van der Waals surface area contributed by atoms with E-state index in [1.165, 1.54) is 0 Å². The molecule has 0 spiro atoms. The fourth-order valence-electron chi connectivity index (χ4n) is 16.2. The first-order chi connectivity index (χ1) is 35.3. The monoisotopic (exact) mass is 1080 g/mol. The number of anilines is 1. The number of aliphatic imine (C=N–C) groups is 1. The Morgan fingerprint density at radius 3 is 2.21 bits per heavy atom. The summed E-state index contributed by atoms with van der Waals surface area (Å²) in [5.41, 5.74) is 2.83. The molecule has 76 heavy (non-hydrogen) atoms. The van der Waals surface area contributed by atoms with Crippen molar-refractivity contribution in [3.05, 3.63) is 99.9 Å². The number of fused-ring (bicyclic) bond motifs is 9. The summed E-state index contributed by atoms with van der Waals surface area (Å²) in [4.78, 5) is 44.1. The van der Waals surface area contributed by atoms with Crippen molar-refractivity contribution in [3.8, 4) is 5.75 Å². The van der Waals surface area contributed by atoms with Crippen LogP contribution >= 0.6 is 0 Å². The number of hydrogen-bond acceptors (Lipinski definition) is 12. The topological polar surface area (TPSA) is 235 Å². The minimum Gasteiger partial charge on any atom is -0.481 e. The highest BCUT2D eigenvalue weighted by atomic mass is 32.2. The van der Waals surface area contributed by atoms with E-state index in [2.05, 4.69) is 31.4 Å². The Labute approximate surface area is 448 Å². The minimum atomic E-state index is -4.46. The molecule has 0 aromatic heterocycles. The van der Waals surface area contributed by atoms with Crippen molar-refractivity contribution in [2.24, 2.45) is 50.3 Å². The van der Waals surface area contributed by atoms with Crippen LogP contribution in [0.4, 0.5) is 5.69 Å². The van der Waals surface area contributed by atoms with E-state index in [9.17, 15) is 45.4 Å². The minimum absolute atomic E-state index is 0.0533. The van der Waals surface area contributed by atoms with Crippen LogP contribution in [0.3, 0.4) is 0 Å². The number of carbonyl (C=O) groups excluding carboxylic acids is 2. The number of carboxylic acid groups (broad SMARTS) is 1. The van der Waals surface area contributed by atoms with Gasteiger partial charge >= 0.3 is 11.9 Å². The molecule has 3 heterocycles. The number of nitrogens with zero attached hydrogens (tertiary/aromatic N) is 1. The van der Waals surface area contributed by atoms with Gasteiger partial charge < -0.3 is 19.9 Å². The van der Waals surface area contributed by atoms with Crippen molar-refractivity contribution in [3.63, 3.8) is 0 Å². The molecular weight excluding hydrogens is 1010 g/mol. The Bertz CT molecular complexity index is 3190. The van der Waals surface area contributed by atoms with Crippen LogP contribution in [0.1, 0.15) is 155 Å². The standard InChI is InChI=1S/C59H75N3O12S2/c1-33(63)43-14-15-44-39-17-19-56(6)28-38(16-21-59(56,9)45(39)18-20-57(43,44)7)73-53(66)48(25-51(64)65)60-30-34-10-12-35(13-11-34)52-41-22-40-36(31-75(67,68)69)26-54(2,3)61-46(40)23-49(41)74-50-24-47-42(29-58(50,52)8)37(32-76(70,71)72)27-55(4,5)62-47/h10-13,22-24,26-27,29,38-39,43-45,48,52,60-61H,14-21,25,28,30-32H2,1-9H3,(H,64,65)(H,67,68,69)(H,70,71,72)/t38-,39?,43?,44?,45?,48?,52?,56?,57-,58?,59-/m1/s1. The number of hydrogen-bond donors (Lipinski definition) is 5. The second kappa shape index (κ2) is 18.6. The fourth-order valence-corrected chi connectivity index (χ4v) is 17.5. The Kier molecular flexibility index (Phi) is 13.3. The third kappa shape index (κ3) is 9.87. The van der Waals surface area contributed by atoms with Crippen molar-refractivity contribution in [1.82, 2.24) is 5.32 Å². The van der Waals surface area contributed by atoms with Gasteiger partial charge in [0.25, 0.3) is 20.2 Å². The van der Waals surface area contributed by atoms with E-state index in [1.807, 2.05) is 83.2 Å². The van der Waals surface area contributed by atoms with Crippen LogP contribution in [0.5, 0.6) is 5.75 Å². The van der Waals surface area contributed by atoms with Crippen molar-refractivity contribution >= 4 is 54.9 Å². The summed E-state index contributed by atoms with van der Waals surface area (Å²) in [6, 6.07) is 10.3. The maximum atomic E-state index is 14.1. The van der Waals surface area contributed by atoms with Gasteiger partial charge in [-0.2, -0.15) is 16.8 Å². The molecule has 11 atom stereocenters. The summed E-state index contributed by atoms with van der Waals surface area (Å²) in [5, 5.41) is 16.7. The maximum Gasteiger partial charge on any atom is 0.324 e. The van der Waals surface area contributed by atoms with Crippen LogP contribution in [-0.4, -0.2) is 89.2 Å². The van der Waals surface area contributed by atoms with E-state index >= 15 is 0 Å². The smallest absolute Gasteiger partial charge is 0.324 e. The van der Waals surface area contributed by atoms with Crippen molar-refractivity contribution in [2.75, 3.05) is 16.8 Å².